The van der Waals surface area contributed by atoms with Crippen LogP contribution in [0, 0.1) is 5.41 Å². The summed E-state index contributed by atoms with van der Waals surface area (Å²) in [4.78, 5) is 11.0. The summed E-state index contributed by atoms with van der Waals surface area (Å²) in [5.74, 6) is 0.450. The second kappa shape index (κ2) is 3.17. The topological polar surface area (TPSA) is 26.3 Å². The standard InChI is InChI=1S/C10H16O2/c11-9-2-5-10(6-3-9)4-1-7-12-8-10/h1-8H2. The molecule has 1 saturated carbocycles. The number of rotatable bonds is 0. The molecule has 1 spiro atoms. The maximum absolute atomic E-state index is 11.0. The average Bonchev–Trinajstić information content (AvgIpc) is 2.13. The minimum absolute atomic E-state index is 0.395. The molecule has 2 fully saturated rings. The van der Waals surface area contributed by atoms with Crippen LogP contribution in [-0.4, -0.2) is 19.0 Å². The van der Waals surface area contributed by atoms with Crippen LogP contribution in [0.5, 0.6) is 0 Å². The summed E-state index contributed by atoms with van der Waals surface area (Å²) >= 11 is 0. The van der Waals surface area contributed by atoms with E-state index in [1.807, 2.05) is 0 Å². The number of carbonyl (C=O) groups excluding carboxylic acids is 1. The number of hydrogen-bond acceptors (Lipinski definition) is 2. The highest BCUT2D eigenvalue weighted by Gasteiger charge is 2.36. The molecule has 2 rings (SSSR count). The summed E-state index contributed by atoms with van der Waals surface area (Å²) in [7, 11) is 0. The summed E-state index contributed by atoms with van der Waals surface area (Å²) in [6.07, 6.45) is 6.21. The lowest BCUT2D eigenvalue weighted by molar-refractivity contribution is -0.125. The van der Waals surface area contributed by atoms with Crippen LogP contribution in [0.2, 0.25) is 0 Å². The Kier molecular flexibility index (Phi) is 2.18. The van der Waals surface area contributed by atoms with Crippen molar-refractivity contribution in [2.24, 2.45) is 5.41 Å². The van der Waals surface area contributed by atoms with E-state index >= 15 is 0 Å². The molecule has 0 unspecified atom stereocenters. The van der Waals surface area contributed by atoms with E-state index in [2.05, 4.69) is 0 Å². The van der Waals surface area contributed by atoms with Gasteiger partial charge in [0.15, 0.2) is 0 Å². The average molecular weight is 168 g/mol. The molecule has 2 heteroatoms. The molecule has 1 aliphatic heterocycles. The molecule has 1 heterocycles. The molecular weight excluding hydrogens is 152 g/mol. The first kappa shape index (κ1) is 8.24. The van der Waals surface area contributed by atoms with Crippen LogP contribution < -0.4 is 0 Å². The minimum atomic E-state index is 0.395. The normalized spacial score (nSPS) is 29.2. The summed E-state index contributed by atoms with van der Waals surface area (Å²) < 4.78 is 5.49. The van der Waals surface area contributed by atoms with Gasteiger partial charge in [-0.1, -0.05) is 0 Å². The quantitative estimate of drug-likeness (QED) is 0.552. The van der Waals surface area contributed by atoms with Crippen molar-refractivity contribution in [3.05, 3.63) is 0 Å². The van der Waals surface area contributed by atoms with E-state index in [1.54, 1.807) is 0 Å². The minimum Gasteiger partial charge on any atom is -0.381 e. The van der Waals surface area contributed by atoms with Crippen LogP contribution >= 0.6 is 0 Å². The number of ether oxygens (including phenoxy) is 1. The van der Waals surface area contributed by atoms with Gasteiger partial charge >= 0.3 is 0 Å². The Morgan fingerprint density at radius 3 is 2.50 bits per heavy atom. The van der Waals surface area contributed by atoms with Gasteiger partial charge in [-0.15, -0.1) is 0 Å². The van der Waals surface area contributed by atoms with Crippen LogP contribution in [-0.2, 0) is 9.53 Å². The molecule has 1 aliphatic carbocycles. The predicted octanol–water partition coefficient (Wildman–Crippen LogP) is 1.93. The van der Waals surface area contributed by atoms with Crippen LogP contribution in [0.4, 0.5) is 0 Å². The third-order valence-corrected chi connectivity index (χ3v) is 3.27. The third kappa shape index (κ3) is 1.53. The van der Waals surface area contributed by atoms with E-state index in [9.17, 15) is 4.79 Å². The number of hydrogen-bond donors (Lipinski definition) is 0. The molecule has 0 radical (unpaired) electrons. The molecule has 0 amide bonds. The third-order valence-electron chi connectivity index (χ3n) is 3.27. The van der Waals surface area contributed by atoms with Crippen molar-refractivity contribution in [3.8, 4) is 0 Å². The summed E-state index contributed by atoms with van der Waals surface area (Å²) in [5, 5.41) is 0. The second-order valence-electron chi connectivity index (χ2n) is 4.19. The van der Waals surface area contributed by atoms with Crippen molar-refractivity contribution in [2.75, 3.05) is 13.2 Å². The van der Waals surface area contributed by atoms with Crippen molar-refractivity contribution in [3.63, 3.8) is 0 Å². The smallest absolute Gasteiger partial charge is 0.132 e. The summed E-state index contributed by atoms with van der Waals surface area (Å²) in [6, 6.07) is 0. The van der Waals surface area contributed by atoms with E-state index in [0.717, 1.165) is 38.9 Å². The van der Waals surface area contributed by atoms with E-state index in [0.29, 0.717) is 11.2 Å². The lowest BCUT2D eigenvalue weighted by atomic mass is 9.70. The van der Waals surface area contributed by atoms with E-state index in [1.165, 1.54) is 12.8 Å². The maximum atomic E-state index is 11.0. The number of ketones is 1. The van der Waals surface area contributed by atoms with Gasteiger partial charge in [0.2, 0.25) is 0 Å². The zero-order valence-electron chi connectivity index (χ0n) is 7.47. The summed E-state index contributed by atoms with van der Waals surface area (Å²) in [5.41, 5.74) is 0.395. The molecule has 0 atom stereocenters. The first-order chi connectivity index (χ1) is 5.81. The largest absolute Gasteiger partial charge is 0.381 e. The molecule has 12 heavy (non-hydrogen) atoms. The zero-order chi connectivity index (χ0) is 8.44. The lowest BCUT2D eigenvalue weighted by Crippen LogP contribution is -2.35. The first-order valence-electron chi connectivity index (χ1n) is 4.90. The zero-order valence-corrected chi connectivity index (χ0v) is 7.47. The van der Waals surface area contributed by atoms with Gasteiger partial charge in [-0.05, 0) is 31.1 Å². The fraction of sp³-hybridized carbons (Fsp3) is 0.900. The Hall–Kier alpha value is -0.370. The van der Waals surface area contributed by atoms with Gasteiger partial charge in [0.1, 0.15) is 5.78 Å². The molecule has 0 aromatic heterocycles. The maximum Gasteiger partial charge on any atom is 0.132 e. The highest BCUT2D eigenvalue weighted by molar-refractivity contribution is 5.79. The van der Waals surface area contributed by atoms with Gasteiger partial charge in [-0.3, -0.25) is 4.79 Å². The predicted molar refractivity (Wildman–Crippen MR) is 46.0 cm³/mol. The van der Waals surface area contributed by atoms with Crippen molar-refractivity contribution in [2.45, 2.75) is 38.5 Å². The van der Waals surface area contributed by atoms with Crippen molar-refractivity contribution in [1.82, 2.24) is 0 Å². The van der Waals surface area contributed by atoms with E-state index in [-0.39, 0.29) is 0 Å². The second-order valence-corrected chi connectivity index (χ2v) is 4.19. The molecule has 0 bridgehead atoms. The highest BCUT2D eigenvalue weighted by atomic mass is 16.5. The molecule has 0 aromatic carbocycles. The Balaban J connectivity index is 1.96. The van der Waals surface area contributed by atoms with E-state index < -0.39 is 0 Å². The SMILES string of the molecule is O=C1CCC2(CCCOC2)CC1. The molecule has 1 saturated heterocycles. The Morgan fingerprint density at radius 2 is 1.92 bits per heavy atom. The van der Waals surface area contributed by atoms with Crippen LogP contribution in [0.25, 0.3) is 0 Å². The number of Topliss-reactive ketones (excluding diaryl/α,β-unsaturated/α-hetero) is 1. The van der Waals surface area contributed by atoms with Crippen molar-refractivity contribution < 1.29 is 9.53 Å². The van der Waals surface area contributed by atoms with Crippen LogP contribution in [0.1, 0.15) is 38.5 Å². The van der Waals surface area contributed by atoms with Crippen LogP contribution in [0.15, 0.2) is 0 Å². The van der Waals surface area contributed by atoms with Gasteiger partial charge in [-0.2, -0.15) is 0 Å². The van der Waals surface area contributed by atoms with Crippen LogP contribution in [0.3, 0.4) is 0 Å². The van der Waals surface area contributed by atoms with Gasteiger partial charge in [0.05, 0.1) is 6.61 Å². The van der Waals surface area contributed by atoms with Gasteiger partial charge in [0, 0.05) is 19.4 Å². The Morgan fingerprint density at radius 1 is 1.17 bits per heavy atom. The highest BCUT2D eigenvalue weighted by Crippen LogP contribution is 2.41. The molecule has 68 valence electrons. The van der Waals surface area contributed by atoms with Gasteiger partial charge < -0.3 is 4.74 Å². The van der Waals surface area contributed by atoms with Crippen molar-refractivity contribution in [1.29, 1.82) is 0 Å². The summed E-state index contributed by atoms with van der Waals surface area (Å²) in [6.45, 7) is 1.83. The van der Waals surface area contributed by atoms with Crippen molar-refractivity contribution >= 4 is 5.78 Å². The first-order valence-corrected chi connectivity index (χ1v) is 4.90. The lowest BCUT2D eigenvalue weighted by Gasteiger charge is -2.39. The fourth-order valence-electron chi connectivity index (χ4n) is 2.36. The fourth-order valence-corrected chi connectivity index (χ4v) is 2.36. The molecule has 0 N–H and O–H groups in total. The monoisotopic (exact) mass is 168 g/mol. The Labute approximate surface area is 73.3 Å². The van der Waals surface area contributed by atoms with E-state index in [4.69, 9.17) is 4.74 Å². The van der Waals surface area contributed by atoms with Gasteiger partial charge in [-0.25, -0.2) is 0 Å². The molecule has 0 aromatic rings. The van der Waals surface area contributed by atoms with Gasteiger partial charge in [0.25, 0.3) is 0 Å². The Bertz CT molecular complexity index is 168. The number of carbonyl (C=O) groups is 1. The molecular formula is C10H16O2. The molecule has 2 nitrogen and oxygen atoms in total. The molecule has 2 aliphatic rings.